The van der Waals surface area contributed by atoms with Gasteiger partial charge in [-0.05, 0) is 22.0 Å². The Hall–Kier alpha value is -0.810. The first kappa shape index (κ1) is 10.3. The van der Waals surface area contributed by atoms with Gasteiger partial charge >= 0.3 is 5.97 Å². The maximum Gasteiger partial charge on any atom is 0.339 e. The highest BCUT2D eigenvalue weighted by Gasteiger charge is 2.13. The number of aromatic carboxylic acids is 1. The first-order valence-electron chi connectivity index (χ1n) is 3.33. The van der Waals surface area contributed by atoms with Gasteiger partial charge in [-0.2, -0.15) is 0 Å². The Labute approximate surface area is 88.1 Å². The van der Waals surface area contributed by atoms with E-state index in [1.807, 2.05) is 0 Å². The minimum atomic E-state index is -1.05. The van der Waals surface area contributed by atoms with E-state index in [-0.39, 0.29) is 16.5 Å². The lowest BCUT2D eigenvalue weighted by molar-refractivity contribution is 0.0697. The number of carboxylic acid groups (broad SMARTS) is 1. The van der Waals surface area contributed by atoms with E-state index in [4.69, 9.17) is 16.7 Å². The second-order valence-electron chi connectivity index (χ2n) is 2.21. The quantitative estimate of drug-likeness (QED) is 0.805. The van der Waals surface area contributed by atoms with Crippen molar-refractivity contribution in [1.82, 2.24) is 4.98 Å². The van der Waals surface area contributed by atoms with E-state index >= 15 is 0 Å². The maximum absolute atomic E-state index is 10.7. The molecule has 0 spiro atoms. The highest BCUT2D eigenvalue weighted by atomic mass is 79.9. The average Bonchev–Trinajstić information content (AvgIpc) is 2.08. The van der Waals surface area contributed by atoms with Crippen LogP contribution in [0.15, 0.2) is 10.5 Å². The minimum absolute atomic E-state index is 0.0822. The van der Waals surface area contributed by atoms with Crippen LogP contribution in [-0.4, -0.2) is 23.1 Å². The Balaban J connectivity index is 3.33. The van der Waals surface area contributed by atoms with Gasteiger partial charge in [0.25, 0.3) is 0 Å². The zero-order valence-electron chi connectivity index (χ0n) is 6.64. The van der Waals surface area contributed by atoms with Crippen LogP contribution in [0.25, 0.3) is 0 Å². The maximum atomic E-state index is 10.7. The molecule has 6 heteroatoms. The molecule has 0 fully saturated rings. The van der Waals surface area contributed by atoms with Gasteiger partial charge in [0.05, 0.1) is 4.47 Å². The fourth-order valence-corrected chi connectivity index (χ4v) is 1.28. The number of nitrogens with one attached hydrogen (secondary N) is 1. The monoisotopic (exact) mass is 264 g/mol. The highest BCUT2D eigenvalue weighted by molar-refractivity contribution is 9.10. The molecule has 0 unspecified atom stereocenters. The van der Waals surface area contributed by atoms with E-state index in [0.29, 0.717) is 4.47 Å². The van der Waals surface area contributed by atoms with E-state index < -0.39 is 5.97 Å². The lowest BCUT2D eigenvalue weighted by Gasteiger charge is -2.05. The van der Waals surface area contributed by atoms with E-state index in [1.54, 1.807) is 7.05 Å². The molecule has 70 valence electrons. The first-order chi connectivity index (χ1) is 6.06. The lowest BCUT2D eigenvalue weighted by atomic mass is 10.2. The molecule has 1 rings (SSSR count). The number of hydrogen-bond acceptors (Lipinski definition) is 3. The number of rotatable bonds is 2. The van der Waals surface area contributed by atoms with Gasteiger partial charge in [-0.3, -0.25) is 0 Å². The van der Waals surface area contributed by atoms with Crippen molar-refractivity contribution >= 4 is 39.3 Å². The Morgan fingerprint density at radius 1 is 1.77 bits per heavy atom. The molecule has 4 nitrogen and oxygen atoms in total. The fraction of sp³-hybridized carbons (Fsp3) is 0.143. The van der Waals surface area contributed by atoms with Crippen molar-refractivity contribution < 1.29 is 9.90 Å². The SMILES string of the molecule is CNc1nc(Cl)c(Br)cc1C(=O)O. The Morgan fingerprint density at radius 2 is 2.38 bits per heavy atom. The molecule has 0 aromatic carbocycles. The van der Waals surface area contributed by atoms with Gasteiger partial charge in [-0.15, -0.1) is 0 Å². The van der Waals surface area contributed by atoms with Crippen LogP contribution in [0.1, 0.15) is 10.4 Å². The molecule has 0 atom stereocenters. The van der Waals surface area contributed by atoms with Gasteiger partial charge in [0.2, 0.25) is 0 Å². The zero-order chi connectivity index (χ0) is 10.0. The van der Waals surface area contributed by atoms with E-state index in [9.17, 15) is 4.79 Å². The molecular weight excluding hydrogens is 259 g/mol. The highest BCUT2D eigenvalue weighted by Crippen LogP contribution is 2.25. The molecular formula is C7H6BrClN2O2. The van der Waals surface area contributed by atoms with Crippen LogP contribution >= 0.6 is 27.5 Å². The number of hydrogen-bond donors (Lipinski definition) is 2. The molecule has 1 aromatic heterocycles. The van der Waals surface area contributed by atoms with E-state index in [1.165, 1.54) is 6.07 Å². The molecule has 0 radical (unpaired) electrons. The largest absolute Gasteiger partial charge is 0.478 e. The van der Waals surface area contributed by atoms with Crippen molar-refractivity contribution in [3.63, 3.8) is 0 Å². The first-order valence-corrected chi connectivity index (χ1v) is 4.50. The van der Waals surface area contributed by atoms with E-state index in [2.05, 4.69) is 26.2 Å². The summed E-state index contributed by atoms with van der Waals surface area (Å²) in [6.45, 7) is 0. The van der Waals surface area contributed by atoms with Crippen molar-refractivity contribution in [2.45, 2.75) is 0 Å². The smallest absolute Gasteiger partial charge is 0.339 e. The van der Waals surface area contributed by atoms with Crippen molar-refractivity contribution in [3.05, 3.63) is 21.3 Å². The number of aromatic nitrogens is 1. The normalized spacial score (nSPS) is 9.77. The second kappa shape index (κ2) is 3.93. The average molecular weight is 265 g/mol. The van der Waals surface area contributed by atoms with Gasteiger partial charge in [-0.1, -0.05) is 11.6 Å². The number of nitrogens with zero attached hydrogens (tertiary/aromatic N) is 1. The summed E-state index contributed by atoms with van der Waals surface area (Å²) in [6, 6.07) is 1.41. The van der Waals surface area contributed by atoms with Crippen LogP contribution in [0.5, 0.6) is 0 Å². The van der Waals surface area contributed by atoms with Crippen LogP contribution in [0.4, 0.5) is 5.82 Å². The number of halogens is 2. The van der Waals surface area contributed by atoms with Gasteiger partial charge < -0.3 is 10.4 Å². The standard InChI is InChI=1S/C7H6BrClN2O2/c1-10-6-3(7(12)13)2-4(8)5(9)11-6/h2H,1H3,(H,10,11)(H,12,13). The van der Waals surface area contributed by atoms with Crippen LogP contribution in [0.3, 0.4) is 0 Å². The molecule has 0 saturated carbocycles. The Bertz CT molecular complexity index is 357. The summed E-state index contributed by atoms with van der Waals surface area (Å²) >= 11 is 8.77. The fourth-order valence-electron chi connectivity index (χ4n) is 0.820. The van der Waals surface area contributed by atoms with E-state index in [0.717, 1.165) is 0 Å². The molecule has 0 saturated heterocycles. The topological polar surface area (TPSA) is 62.2 Å². The number of anilines is 1. The number of pyridine rings is 1. The van der Waals surface area contributed by atoms with Gasteiger partial charge in [0.15, 0.2) is 0 Å². The summed E-state index contributed by atoms with van der Waals surface area (Å²) in [5.41, 5.74) is 0.0822. The van der Waals surface area contributed by atoms with Crippen molar-refractivity contribution in [1.29, 1.82) is 0 Å². The lowest BCUT2D eigenvalue weighted by Crippen LogP contribution is -2.05. The van der Waals surface area contributed by atoms with Crippen LogP contribution < -0.4 is 5.32 Å². The van der Waals surface area contributed by atoms with Crippen molar-refractivity contribution in [2.75, 3.05) is 12.4 Å². The predicted molar refractivity (Wildman–Crippen MR) is 53.5 cm³/mol. The zero-order valence-corrected chi connectivity index (χ0v) is 8.98. The van der Waals surface area contributed by atoms with Gasteiger partial charge in [-0.25, -0.2) is 9.78 Å². The van der Waals surface area contributed by atoms with Crippen LogP contribution in [0.2, 0.25) is 5.15 Å². The summed E-state index contributed by atoms with van der Waals surface area (Å²) in [7, 11) is 1.58. The number of carboxylic acids is 1. The van der Waals surface area contributed by atoms with Crippen LogP contribution in [-0.2, 0) is 0 Å². The molecule has 0 aliphatic heterocycles. The molecule has 1 aromatic rings. The Morgan fingerprint density at radius 3 is 2.85 bits per heavy atom. The molecule has 0 bridgehead atoms. The molecule has 0 aliphatic rings. The van der Waals surface area contributed by atoms with Crippen molar-refractivity contribution in [2.24, 2.45) is 0 Å². The predicted octanol–water partition coefficient (Wildman–Crippen LogP) is 2.24. The summed E-state index contributed by atoms with van der Waals surface area (Å²) in [4.78, 5) is 14.5. The minimum Gasteiger partial charge on any atom is -0.478 e. The van der Waals surface area contributed by atoms with Crippen LogP contribution in [0, 0.1) is 0 Å². The third-order valence-electron chi connectivity index (χ3n) is 1.40. The molecule has 2 N–H and O–H groups in total. The second-order valence-corrected chi connectivity index (χ2v) is 3.42. The Kier molecular flexibility index (Phi) is 3.11. The van der Waals surface area contributed by atoms with Gasteiger partial charge in [0, 0.05) is 7.05 Å². The van der Waals surface area contributed by atoms with Gasteiger partial charge in [0.1, 0.15) is 16.5 Å². The molecule has 0 amide bonds. The third kappa shape index (κ3) is 2.10. The molecule has 1 heterocycles. The van der Waals surface area contributed by atoms with Crippen molar-refractivity contribution in [3.8, 4) is 0 Å². The summed E-state index contributed by atoms with van der Waals surface area (Å²) < 4.78 is 0.463. The molecule has 0 aliphatic carbocycles. The third-order valence-corrected chi connectivity index (χ3v) is 2.52. The number of carbonyl (C=O) groups is 1. The summed E-state index contributed by atoms with van der Waals surface area (Å²) in [5.74, 6) is -0.796. The summed E-state index contributed by atoms with van der Waals surface area (Å²) in [5, 5.41) is 11.6. The summed E-state index contributed by atoms with van der Waals surface area (Å²) in [6.07, 6.45) is 0. The molecule has 13 heavy (non-hydrogen) atoms.